The zero-order valence-electron chi connectivity index (χ0n) is 17.7. The normalized spacial score (nSPS) is 15.7. The summed E-state index contributed by atoms with van der Waals surface area (Å²) >= 11 is 3.26. The molecule has 5 rings (SSSR count). The molecule has 0 radical (unpaired) electrons. The number of aromatic nitrogens is 3. The number of nitrogens with zero attached hydrogens (tertiary/aromatic N) is 5. The van der Waals surface area contributed by atoms with Gasteiger partial charge in [0.25, 0.3) is 0 Å². The standard InChI is InChI=1S/C23H23N5O2S2/c1-16(22-25-21(26-30-22)17-6-3-2-4-7-17)27-9-11-28(12-10-27)20(29)14-18-15-32-23(24-18)19-8-5-13-31-19/h2-8,13,15-16H,9-12,14H2,1H3. The number of hydrogen-bond donors (Lipinski definition) is 0. The number of hydrogen-bond acceptors (Lipinski definition) is 8. The summed E-state index contributed by atoms with van der Waals surface area (Å²) in [5, 5.41) is 9.14. The number of thiazole rings is 1. The Balaban J connectivity index is 1.15. The SMILES string of the molecule is CC(c1nc(-c2ccccc2)no1)N1CCN(C(=O)Cc2csc(-c3cccs3)n2)CC1. The average Bonchev–Trinajstić information content (AvgIpc) is 3.61. The van der Waals surface area contributed by atoms with Gasteiger partial charge in [0.05, 0.1) is 23.0 Å². The maximum Gasteiger partial charge on any atom is 0.244 e. The van der Waals surface area contributed by atoms with Gasteiger partial charge in [-0.05, 0) is 18.4 Å². The van der Waals surface area contributed by atoms with Gasteiger partial charge in [-0.15, -0.1) is 22.7 Å². The molecule has 0 spiro atoms. The third-order valence-electron chi connectivity index (χ3n) is 5.66. The van der Waals surface area contributed by atoms with Crippen molar-refractivity contribution in [3.8, 4) is 21.3 Å². The van der Waals surface area contributed by atoms with Crippen molar-refractivity contribution in [3.05, 3.63) is 64.8 Å². The maximum absolute atomic E-state index is 12.8. The van der Waals surface area contributed by atoms with E-state index in [-0.39, 0.29) is 11.9 Å². The Morgan fingerprint density at radius 2 is 1.88 bits per heavy atom. The molecule has 1 aliphatic heterocycles. The van der Waals surface area contributed by atoms with Crippen LogP contribution in [-0.2, 0) is 11.2 Å². The number of rotatable bonds is 6. The number of benzene rings is 1. The van der Waals surface area contributed by atoms with Crippen molar-refractivity contribution in [2.45, 2.75) is 19.4 Å². The fraction of sp³-hybridized carbons (Fsp3) is 0.304. The van der Waals surface area contributed by atoms with Gasteiger partial charge in [0.2, 0.25) is 17.6 Å². The Hall–Kier alpha value is -2.88. The van der Waals surface area contributed by atoms with Gasteiger partial charge in [0.1, 0.15) is 5.01 Å². The van der Waals surface area contributed by atoms with E-state index in [1.54, 1.807) is 22.7 Å². The first-order valence-electron chi connectivity index (χ1n) is 10.6. The fourth-order valence-corrected chi connectivity index (χ4v) is 5.43. The molecule has 4 heterocycles. The van der Waals surface area contributed by atoms with E-state index in [2.05, 4.69) is 33.0 Å². The van der Waals surface area contributed by atoms with Crippen molar-refractivity contribution in [1.29, 1.82) is 0 Å². The molecule has 1 atom stereocenters. The van der Waals surface area contributed by atoms with Crippen LogP contribution in [0.4, 0.5) is 0 Å². The van der Waals surface area contributed by atoms with Gasteiger partial charge in [-0.2, -0.15) is 4.98 Å². The second kappa shape index (κ2) is 9.32. The third-order valence-corrected chi connectivity index (χ3v) is 7.59. The smallest absolute Gasteiger partial charge is 0.244 e. The van der Waals surface area contributed by atoms with Crippen LogP contribution in [0.5, 0.6) is 0 Å². The van der Waals surface area contributed by atoms with Crippen LogP contribution in [-0.4, -0.2) is 57.0 Å². The van der Waals surface area contributed by atoms with Gasteiger partial charge in [-0.3, -0.25) is 9.69 Å². The lowest BCUT2D eigenvalue weighted by atomic mass is 10.2. The first-order valence-corrected chi connectivity index (χ1v) is 12.3. The second-order valence-electron chi connectivity index (χ2n) is 7.71. The van der Waals surface area contributed by atoms with Gasteiger partial charge in [0.15, 0.2) is 0 Å². The van der Waals surface area contributed by atoms with Crippen LogP contribution in [0.1, 0.15) is 24.6 Å². The molecule has 1 saturated heterocycles. The molecule has 164 valence electrons. The van der Waals surface area contributed by atoms with Crippen LogP contribution < -0.4 is 0 Å². The van der Waals surface area contributed by atoms with Crippen LogP contribution in [0.25, 0.3) is 21.3 Å². The monoisotopic (exact) mass is 465 g/mol. The summed E-state index contributed by atoms with van der Waals surface area (Å²) in [4.78, 5) is 27.4. The van der Waals surface area contributed by atoms with E-state index in [0.717, 1.165) is 34.2 Å². The molecule has 32 heavy (non-hydrogen) atoms. The molecule has 1 aliphatic rings. The first-order chi connectivity index (χ1) is 15.7. The van der Waals surface area contributed by atoms with E-state index < -0.39 is 0 Å². The molecule has 0 saturated carbocycles. The molecule has 1 amide bonds. The van der Waals surface area contributed by atoms with Gasteiger partial charge in [-0.25, -0.2) is 4.98 Å². The van der Waals surface area contributed by atoms with Gasteiger partial charge >= 0.3 is 0 Å². The Labute approximate surface area is 194 Å². The average molecular weight is 466 g/mol. The zero-order chi connectivity index (χ0) is 21.9. The molecule has 4 aromatic rings. The third kappa shape index (κ3) is 4.50. The lowest BCUT2D eigenvalue weighted by Crippen LogP contribution is -2.49. The number of carbonyl (C=O) groups excluding carboxylic acids is 1. The summed E-state index contributed by atoms with van der Waals surface area (Å²) in [6, 6.07) is 13.9. The topological polar surface area (TPSA) is 75.4 Å². The highest BCUT2D eigenvalue weighted by Gasteiger charge is 2.28. The van der Waals surface area contributed by atoms with Crippen molar-refractivity contribution >= 4 is 28.6 Å². The molecule has 1 unspecified atom stereocenters. The van der Waals surface area contributed by atoms with E-state index in [0.29, 0.717) is 31.2 Å². The molecule has 0 bridgehead atoms. The quantitative estimate of drug-likeness (QED) is 0.421. The second-order valence-corrected chi connectivity index (χ2v) is 9.52. The summed E-state index contributed by atoms with van der Waals surface area (Å²) in [5.74, 6) is 1.34. The van der Waals surface area contributed by atoms with E-state index in [1.165, 1.54) is 0 Å². The number of thiophene rings is 1. The van der Waals surface area contributed by atoms with Crippen LogP contribution >= 0.6 is 22.7 Å². The molecule has 7 nitrogen and oxygen atoms in total. The largest absolute Gasteiger partial charge is 0.340 e. The Morgan fingerprint density at radius 3 is 2.62 bits per heavy atom. The Kier molecular flexibility index (Phi) is 6.11. The minimum atomic E-state index is 0.00380. The minimum Gasteiger partial charge on any atom is -0.340 e. The van der Waals surface area contributed by atoms with Gasteiger partial charge < -0.3 is 9.42 Å². The molecule has 9 heteroatoms. The first kappa shape index (κ1) is 21.0. The van der Waals surface area contributed by atoms with Gasteiger partial charge in [0, 0.05) is 37.1 Å². The van der Waals surface area contributed by atoms with Crippen molar-refractivity contribution < 1.29 is 9.32 Å². The zero-order valence-corrected chi connectivity index (χ0v) is 19.3. The minimum absolute atomic E-state index is 0.00380. The lowest BCUT2D eigenvalue weighted by Gasteiger charge is -2.36. The van der Waals surface area contributed by atoms with E-state index in [9.17, 15) is 4.79 Å². The summed E-state index contributed by atoms with van der Waals surface area (Å²) in [5.41, 5.74) is 1.79. The number of amides is 1. The lowest BCUT2D eigenvalue weighted by molar-refractivity contribution is -0.132. The van der Waals surface area contributed by atoms with E-state index >= 15 is 0 Å². The Morgan fingerprint density at radius 1 is 1.06 bits per heavy atom. The van der Waals surface area contributed by atoms with Crippen LogP contribution in [0.3, 0.4) is 0 Å². The molecule has 0 N–H and O–H groups in total. The summed E-state index contributed by atoms with van der Waals surface area (Å²) in [6.07, 6.45) is 0.349. The van der Waals surface area contributed by atoms with E-state index in [1.807, 2.05) is 52.1 Å². The van der Waals surface area contributed by atoms with Crippen molar-refractivity contribution in [2.75, 3.05) is 26.2 Å². The number of carbonyl (C=O) groups is 1. The summed E-state index contributed by atoms with van der Waals surface area (Å²) in [6.45, 7) is 4.98. The molecule has 1 aromatic carbocycles. The molecule has 1 fully saturated rings. The van der Waals surface area contributed by atoms with Crippen molar-refractivity contribution in [2.24, 2.45) is 0 Å². The maximum atomic E-state index is 12.8. The number of piperazine rings is 1. The predicted molar refractivity (Wildman–Crippen MR) is 125 cm³/mol. The molecule has 3 aromatic heterocycles. The van der Waals surface area contributed by atoms with Crippen LogP contribution in [0.2, 0.25) is 0 Å². The summed E-state index contributed by atoms with van der Waals surface area (Å²) in [7, 11) is 0. The predicted octanol–water partition coefficient (Wildman–Crippen LogP) is 4.37. The van der Waals surface area contributed by atoms with Crippen LogP contribution in [0.15, 0.2) is 57.7 Å². The fourth-order valence-electron chi connectivity index (χ4n) is 3.79. The highest BCUT2D eigenvalue weighted by atomic mass is 32.1. The highest BCUT2D eigenvalue weighted by molar-refractivity contribution is 7.20. The van der Waals surface area contributed by atoms with Crippen molar-refractivity contribution in [3.63, 3.8) is 0 Å². The van der Waals surface area contributed by atoms with Crippen molar-refractivity contribution in [1.82, 2.24) is 24.9 Å². The van der Waals surface area contributed by atoms with Crippen LogP contribution in [0, 0.1) is 0 Å². The highest BCUT2D eigenvalue weighted by Crippen LogP contribution is 2.28. The van der Waals surface area contributed by atoms with Gasteiger partial charge in [-0.1, -0.05) is 41.6 Å². The Bertz CT molecular complexity index is 1160. The molecule has 0 aliphatic carbocycles. The molecular formula is C23H23N5O2S2. The van der Waals surface area contributed by atoms with E-state index in [4.69, 9.17) is 4.52 Å². The summed E-state index contributed by atoms with van der Waals surface area (Å²) < 4.78 is 5.53. The molecular weight excluding hydrogens is 442 g/mol.